The van der Waals surface area contributed by atoms with Gasteiger partial charge in [0.15, 0.2) is 5.76 Å². The average molecular weight is 436 g/mol. The predicted molar refractivity (Wildman–Crippen MR) is 112 cm³/mol. The van der Waals surface area contributed by atoms with Crippen LogP contribution in [-0.4, -0.2) is 48.7 Å². The molecule has 7 nitrogen and oxygen atoms in total. The smallest absolute Gasteiger partial charge is 0.327 e. The highest BCUT2D eigenvalue weighted by molar-refractivity contribution is 8.01. The molecule has 4 rings (SSSR count). The SMILES string of the molecule is CCc1noc(-c2ccc(Cl)cc2)c1N[C@@]1(C)C(=O)N2[C@@H](C(=O)O)C(C)(C)S[C@@H]21. The van der Waals surface area contributed by atoms with Crippen molar-refractivity contribution in [2.45, 2.75) is 55.8 Å². The van der Waals surface area contributed by atoms with E-state index in [0.717, 1.165) is 5.56 Å². The van der Waals surface area contributed by atoms with E-state index in [4.69, 9.17) is 16.1 Å². The van der Waals surface area contributed by atoms with Gasteiger partial charge in [-0.3, -0.25) is 4.79 Å². The Hall–Kier alpha value is -2.19. The van der Waals surface area contributed by atoms with Crippen LogP contribution in [0.15, 0.2) is 28.8 Å². The normalized spacial score (nSPS) is 27.5. The molecule has 9 heteroatoms. The maximum absolute atomic E-state index is 13.1. The standard InChI is InChI=1S/C20H22ClN3O4S/c1-5-12-13(14(28-23-12)10-6-8-11(21)9-7-10)22-20(4)17(27)24-15(16(25)26)19(2,3)29-18(20)24/h6-9,15,18,22H,5H2,1-4H3,(H,25,26)/t15-,18+,20-/m0/s1. The van der Waals surface area contributed by atoms with Crippen LogP contribution in [0.5, 0.6) is 0 Å². The van der Waals surface area contributed by atoms with Gasteiger partial charge in [-0.1, -0.05) is 23.7 Å². The highest BCUT2D eigenvalue weighted by Gasteiger charge is 2.69. The van der Waals surface area contributed by atoms with Crippen molar-refractivity contribution in [3.05, 3.63) is 35.0 Å². The van der Waals surface area contributed by atoms with Crippen molar-refractivity contribution in [3.8, 4) is 11.3 Å². The van der Waals surface area contributed by atoms with Gasteiger partial charge in [-0.05, 0) is 51.5 Å². The number of hydrogen-bond acceptors (Lipinski definition) is 6. The summed E-state index contributed by atoms with van der Waals surface area (Å²) < 4.78 is 5.00. The second kappa shape index (κ2) is 6.67. The van der Waals surface area contributed by atoms with Crippen LogP contribution < -0.4 is 5.32 Å². The Balaban J connectivity index is 1.70. The van der Waals surface area contributed by atoms with Crippen LogP contribution in [0.4, 0.5) is 5.69 Å². The number of carboxylic acids is 1. The molecule has 1 aromatic heterocycles. The van der Waals surface area contributed by atoms with Gasteiger partial charge in [0.05, 0.1) is 0 Å². The molecule has 0 unspecified atom stereocenters. The second-order valence-corrected chi connectivity index (χ2v) is 10.2. The zero-order valence-electron chi connectivity index (χ0n) is 16.5. The molecule has 1 aromatic carbocycles. The number of carbonyl (C=O) groups excluding carboxylic acids is 1. The van der Waals surface area contributed by atoms with Crippen LogP contribution in [0.1, 0.15) is 33.4 Å². The molecule has 0 radical (unpaired) electrons. The summed E-state index contributed by atoms with van der Waals surface area (Å²) in [6.45, 7) is 7.48. The van der Waals surface area contributed by atoms with Crippen LogP contribution in [0.25, 0.3) is 11.3 Å². The molecule has 0 saturated carbocycles. The minimum Gasteiger partial charge on any atom is -0.480 e. The number of carboxylic acid groups (broad SMARTS) is 1. The Morgan fingerprint density at radius 3 is 2.59 bits per heavy atom. The highest BCUT2D eigenvalue weighted by Crippen LogP contribution is 2.56. The first-order chi connectivity index (χ1) is 13.6. The number of nitrogens with one attached hydrogen (secondary N) is 1. The largest absolute Gasteiger partial charge is 0.480 e. The van der Waals surface area contributed by atoms with Crippen LogP contribution >= 0.6 is 23.4 Å². The number of thioether (sulfide) groups is 1. The zero-order chi connectivity index (χ0) is 21.1. The highest BCUT2D eigenvalue weighted by atomic mass is 35.5. The maximum atomic E-state index is 13.1. The Morgan fingerprint density at radius 2 is 2.00 bits per heavy atom. The molecule has 2 N–H and O–H groups in total. The average Bonchev–Trinajstić information content (AvgIpc) is 3.18. The summed E-state index contributed by atoms with van der Waals surface area (Å²) >= 11 is 7.49. The van der Waals surface area contributed by atoms with E-state index in [-0.39, 0.29) is 11.3 Å². The fourth-order valence-electron chi connectivity index (χ4n) is 4.09. The third-order valence-corrected chi connectivity index (χ3v) is 7.60. The van der Waals surface area contributed by atoms with Crippen molar-refractivity contribution in [3.63, 3.8) is 0 Å². The molecule has 0 bridgehead atoms. The number of rotatable bonds is 5. The number of anilines is 1. The third-order valence-electron chi connectivity index (χ3n) is 5.60. The van der Waals surface area contributed by atoms with E-state index in [0.29, 0.717) is 28.6 Å². The van der Waals surface area contributed by atoms with E-state index in [1.165, 1.54) is 16.7 Å². The van der Waals surface area contributed by atoms with E-state index < -0.39 is 22.3 Å². The number of benzene rings is 1. The minimum absolute atomic E-state index is 0.238. The fourth-order valence-corrected chi connectivity index (χ4v) is 5.86. The van der Waals surface area contributed by atoms with Crippen molar-refractivity contribution in [1.82, 2.24) is 10.1 Å². The molecule has 2 saturated heterocycles. The van der Waals surface area contributed by atoms with Crippen LogP contribution in [0, 0.1) is 0 Å². The van der Waals surface area contributed by atoms with Gasteiger partial charge in [0, 0.05) is 15.3 Å². The van der Waals surface area contributed by atoms with Crippen LogP contribution in [0.3, 0.4) is 0 Å². The summed E-state index contributed by atoms with van der Waals surface area (Å²) in [7, 11) is 0. The summed E-state index contributed by atoms with van der Waals surface area (Å²) in [4.78, 5) is 26.4. The number of aryl methyl sites for hydroxylation is 1. The molecule has 154 valence electrons. The number of carbonyl (C=O) groups is 2. The number of nitrogens with zero attached hydrogens (tertiary/aromatic N) is 2. The summed E-state index contributed by atoms with van der Waals surface area (Å²) in [6.07, 6.45) is 0.620. The Labute approximate surface area is 177 Å². The van der Waals surface area contributed by atoms with Crippen LogP contribution in [-0.2, 0) is 16.0 Å². The van der Waals surface area contributed by atoms with Crippen molar-refractivity contribution in [1.29, 1.82) is 0 Å². The summed E-state index contributed by atoms with van der Waals surface area (Å²) in [5.74, 6) is -0.692. The molecule has 0 aliphatic carbocycles. The molecule has 0 spiro atoms. The Morgan fingerprint density at radius 1 is 1.34 bits per heavy atom. The fraction of sp³-hybridized carbons (Fsp3) is 0.450. The van der Waals surface area contributed by atoms with Crippen molar-refractivity contribution in [2.75, 3.05) is 5.32 Å². The van der Waals surface area contributed by atoms with Gasteiger partial charge >= 0.3 is 5.97 Å². The maximum Gasteiger partial charge on any atom is 0.327 e. The molecule has 2 aliphatic heterocycles. The van der Waals surface area contributed by atoms with E-state index in [2.05, 4.69) is 10.5 Å². The molecule has 2 fully saturated rings. The molecular formula is C20H22ClN3O4S. The number of fused-ring (bicyclic) bond motifs is 1. The summed E-state index contributed by atoms with van der Waals surface area (Å²) in [5.41, 5.74) is 1.20. The molecule has 2 aliphatic rings. The first kappa shape index (κ1) is 20.1. The summed E-state index contributed by atoms with van der Waals surface area (Å²) in [5, 5.41) is 17.5. The zero-order valence-corrected chi connectivity index (χ0v) is 18.1. The number of halogens is 1. The second-order valence-electron chi connectivity index (χ2n) is 8.05. The van der Waals surface area contributed by atoms with E-state index in [1.807, 2.05) is 39.8 Å². The lowest BCUT2D eigenvalue weighted by atomic mass is 9.85. The van der Waals surface area contributed by atoms with Crippen molar-refractivity contribution in [2.24, 2.45) is 0 Å². The van der Waals surface area contributed by atoms with E-state index >= 15 is 0 Å². The van der Waals surface area contributed by atoms with Gasteiger partial charge in [0.25, 0.3) is 5.91 Å². The monoisotopic (exact) mass is 435 g/mol. The number of β-lactam (4-membered cyclic amide) rings is 1. The lowest BCUT2D eigenvalue weighted by Crippen LogP contribution is -2.75. The van der Waals surface area contributed by atoms with Gasteiger partial charge in [-0.25, -0.2) is 4.79 Å². The van der Waals surface area contributed by atoms with Gasteiger partial charge in [0.1, 0.15) is 28.3 Å². The van der Waals surface area contributed by atoms with Crippen molar-refractivity contribution >= 4 is 40.9 Å². The minimum atomic E-state index is -0.985. The lowest BCUT2D eigenvalue weighted by Gasteiger charge is -2.51. The molecule has 2 aromatic rings. The Kier molecular flexibility index (Phi) is 4.62. The topological polar surface area (TPSA) is 95.7 Å². The van der Waals surface area contributed by atoms with Gasteiger partial charge in [0.2, 0.25) is 0 Å². The van der Waals surface area contributed by atoms with Crippen LogP contribution in [0.2, 0.25) is 5.02 Å². The molecular weight excluding hydrogens is 414 g/mol. The molecule has 1 amide bonds. The number of aromatic nitrogens is 1. The predicted octanol–water partition coefficient (Wildman–Crippen LogP) is 3.87. The molecule has 29 heavy (non-hydrogen) atoms. The lowest BCUT2D eigenvalue weighted by molar-refractivity contribution is -0.163. The van der Waals surface area contributed by atoms with Gasteiger partial charge in [-0.15, -0.1) is 11.8 Å². The number of hydrogen-bond donors (Lipinski definition) is 2. The van der Waals surface area contributed by atoms with E-state index in [1.54, 1.807) is 12.1 Å². The van der Waals surface area contributed by atoms with E-state index in [9.17, 15) is 14.7 Å². The molecule has 3 heterocycles. The number of amides is 1. The number of aliphatic carboxylic acids is 1. The van der Waals surface area contributed by atoms with Gasteiger partial charge in [-0.2, -0.15) is 0 Å². The first-order valence-corrected chi connectivity index (χ1v) is 10.6. The van der Waals surface area contributed by atoms with Gasteiger partial charge < -0.3 is 19.8 Å². The quantitative estimate of drug-likeness (QED) is 0.688. The molecule has 3 atom stereocenters. The first-order valence-electron chi connectivity index (χ1n) is 9.36. The van der Waals surface area contributed by atoms with Crippen molar-refractivity contribution < 1.29 is 19.2 Å². The third kappa shape index (κ3) is 2.92. The summed E-state index contributed by atoms with van der Waals surface area (Å²) in [6, 6.07) is 6.33. The Bertz CT molecular complexity index is 990.